The van der Waals surface area contributed by atoms with Crippen LogP contribution in [0.25, 0.3) is 0 Å². The number of hydrogen-bond donors (Lipinski definition) is 1. The molecule has 0 spiro atoms. The van der Waals surface area contributed by atoms with E-state index in [0.717, 1.165) is 6.42 Å². The Bertz CT molecular complexity index is 297. The van der Waals surface area contributed by atoms with Crippen LogP contribution in [0.4, 0.5) is 4.79 Å². The summed E-state index contributed by atoms with van der Waals surface area (Å²) in [5, 5.41) is 2.91. The molecule has 102 valence electrons. The second kappa shape index (κ2) is 5.45. The molecule has 3 fully saturated rings. The maximum atomic E-state index is 11.4. The minimum atomic E-state index is -0.377. The maximum Gasteiger partial charge on any atom is 0.408 e. The van der Waals surface area contributed by atoms with Crippen molar-refractivity contribution in [2.45, 2.75) is 57.0 Å². The fourth-order valence-electron chi connectivity index (χ4n) is 3.26. The minimum Gasteiger partial charge on any atom is -0.439 e. The number of alkyl carbamates (subject to hydrolysis) is 1. The van der Waals surface area contributed by atoms with Crippen LogP contribution < -0.4 is 5.32 Å². The molecule has 1 amide bonds. The summed E-state index contributed by atoms with van der Waals surface area (Å²) >= 11 is 0. The Labute approximate surface area is 107 Å². The third-order valence-electron chi connectivity index (χ3n) is 4.17. The van der Waals surface area contributed by atoms with Gasteiger partial charge in [-0.1, -0.05) is 32.1 Å². The monoisotopic (exact) mass is 255 g/mol. The Morgan fingerprint density at radius 1 is 1.11 bits per heavy atom. The Kier molecular flexibility index (Phi) is 3.70. The zero-order valence-electron chi connectivity index (χ0n) is 10.6. The lowest BCUT2D eigenvalue weighted by Gasteiger charge is -2.27. The molecule has 0 bridgehead atoms. The van der Waals surface area contributed by atoms with Gasteiger partial charge in [-0.3, -0.25) is 0 Å². The van der Waals surface area contributed by atoms with E-state index in [4.69, 9.17) is 14.2 Å². The van der Waals surface area contributed by atoms with E-state index < -0.39 is 0 Å². The van der Waals surface area contributed by atoms with Crippen LogP contribution in [0.1, 0.15) is 38.5 Å². The van der Waals surface area contributed by atoms with Gasteiger partial charge in [-0.05, 0) is 12.3 Å². The number of nitrogens with one attached hydrogen (secondary N) is 1. The van der Waals surface area contributed by atoms with Crippen molar-refractivity contribution in [1.29, 1.82) is 0 Å². The molecule has 0 aromatic heterocycles. The summed E-state index contributed by atoms with van der Waals surface area (Å²) in [6.45, 7) is 1.18. The van der Waals surface area contributed by atoms with Gasteiger partial charge in [0.05, 0.1) is 19.3 Å². The van der Waals surface area contributed by atoms with E-state index in [9.17, 15) is 4.79 Å². The Morgan fingerprint density at radius 3 is 2.56 bits per heavy atom. The van der Waals surface area contributed by atoms with E-state index in [2.05, 4.69) is 5.32 Å². The second-order valence-corrected chi connectivity index (χ2v) is 5.47. The summed E-state index contributed by atoms with van der Waals surface area (Å²) < 4.78 is 16.2. The van der Waals surface area contributed by atoms with Gasteiger partial charge in [0, 0.05) is 0 Å². The van der Waals surface area contributed by atoms with Crippen molar-refractivity contribution in [3.8, 4) is 0 Å². The van der Waals surface area contributed by atoms with Gasteiger partial charge in [-0.2, -0.15) is 0 Å². The lowest BCUT2D eigenvalue weighted by molar-refractivity contribution is -0.117. The number of amides is 1. The minimum absolute atomic E-state index is 0.0451. The van der Waals surface area contributed by atoms with E-state index in [0.29, 0.717) is 19.1 Å². The molecule has 1 aliphatic carbocycles. The fraction of sp³-hybridized carbons (Fsp3) is 0.923. The first kappa shape index (κ1) is 12.2. The van der Waals surface area contributed by atoms with Crippen molar-refractivity contribution in [2.24, 2.45) is 5.92 Å². The number of cyclic esters (lactones) is 1. The van der Waals surface area contributed by atoms with E-state index in [1.54, 1.807) is 0 Å². The zero-order valence-corrected chi connectivity index (χ0v) is 10.6. The first-order chi connectivity index (χ1) is 8.83. The van der Waals surface area contributed by atoms with Crippen LogP contribution in [0.15, 0.2) is 0 Å². The van der Waals surface area contributed by atoms with Crippen LogP contribution >= 0.6 is 0 Å². The summed E-state index contributed by atoms with van der Waals surface area (Å²) in [6, 6.07) is 0.0451. The van der Waals surface area contributed by atoms with Crippen LogP contribution in [0, 0.1) is 5.92 Å². The quantitative estimate of drug-likeness (QED) is 0.835. The van der Waals surface area contributed by atoms with Crippen molar-refractivity contribution < 1.29 is 19.0 Å². The second-order valence-electron chi connectivity index (χ2n) is 5.47. The van der Waals surface area contributed by atoms with Crippen LogP contribution in [0.5, 0.6) is 0 Å². The maximum absolute atomic E-state index is 11.4. The summed E-state index contributed by atoms with van der Waals surface area (Å²) in [5.74, 6) is 0.703. The molecule has 2 heterocycles. The number of carbonyl (C=O) groups excluding carboxylic acids is 1. The molecule has 0 radical (unpaired) electrons. The highest BCUT2D eigenvalue weighted by Gasteiger charge is 2.43. The molecular weight excluding hydrogens is 234 g/mol. The Hall–Kier alpha value is -0.810. The summed E-state index contributed by atoms with van der Waals surface area (Å²) in [5.41, 5.74) is 0. The number of rotatable bonds is 3. The third-order valence-corrected chi connectivity index (χ3v) is 4.17. The zero-order chi connectivity index (χ0) is 12.4. The Balaban J connectivity index is 1.59. The lowest BCUT2D eigenvalue weighted by Crippen LogP contribution is -2.41. The van der Waals surface area contributed by atoms with Gasteiger partial charge >= 0.3 is 6.09 Å². The predicted molar refractivity (Wildman–Crippen MR) is 64.1 cm³/mol. The van der Waals surface area contributed by atoms with Gasteiger partial charge in [0.15, 0.2) is 12.4 Å². The molecule has 1 N–H and O–H groups in total. The van der Waals surface area contributed by atoms with Crippen molar-refractivity contribution in [3.63, 3.8) is 0 Å². The highest BCUT2D eigenvalue weighted by atomic mass is 16.7. The largest absolute Gasteiger partial charge is 0.439 e. The van der Waals surface area contributed by atoms with Gasteiger partial charge in [-0.25, -0.2) is 4.79 Å². The molecule has 5 nitrogen and oxygen atoms in total. The van der Waals surface area contributed by atoms with E-state index >= 15 is 0 Å². The molecular formula is C13H21NO4. The molecule has 0 aromatic carbocycles. The third kappa shape index (κ3) is 2.62. The molecule has 18 heavy (non-hydrogen) atoms. The highest BCUT2D eigenvalue weighted by Crippen LogP contribution is 2.31. The molecule has 0 aromatic rings. The van der Waals surface area contributed by atoms with Gasteiger partial charge in [0.2, 0.25) is 0 Å². The first-order valence-electron chi connectivity index (χ1n) is 7.03. The van der Waals surface area contributed by atoms with Crippen molar-refractivity contribution in [3.05, 3.63) is 0 Å². The molecule has 2 unspecified atom stereocenters. The SMILES string of the molecule is O=C1NC(CC2CCCCC2)C(C2OCCO2)O1. The average Bonchev–Trinajstić information content (AvgIpc) is 3.00. The van der Waals surface area contributed by atoms with E-state index in [-0.39, 0.29) is 24.5 Å². The van der Waals surface area contributed by atoms with Crippen molar-refractivity contribution >= 4 is 6.09 Å². The first-order valence-corrected chi connectivity index (χ1v) is 7.03. The van der Waals surface area contributed by atoms with Crippen LogP contribution in [-0.4, -0.2) is 37.7 Å². The van der Waals surface area contributed by atoms with Gasteiger partial charge in [0.1, 0.15) is 0 Å². The summed E-state index contributed by atoms with van der Waals surface area (Å²) in [6.07, 6.45) is 6.51. The van der Waals surface area contributed by atoms with Crippen LogP contribution in [0.2, 0.25) is 0 Å². The number of ether oxygens (including phenoxy) is 3. The molecule has 2 aliphatic heterocycles. The summed E-state index contributed by atoms with van der Waals surface area (Å²) in [4.78, 5) is 11.4. The lowest BCUT2D eigenvalue weighted by atomic mass is 9.84. The van der Waals surface area contributed by atoms with Crippen LogP contribution in [0.3, 0.4) is 0 Å². The fourth-order valence-corrected chi connectivity index (χ4v) is 3.26. The highest BCUT2D eigenvalue weighted by molar-refractivity contribution is 5.70. The summed E-state index contributed by atoms with van der Waals surface area (Å²) in [7, 11) is 0. The topological polar surface area (TPSA) is 56.8 Å². The molecule has 5 heteroatoms. The van der Waals surface area contributed by atoms with Crippen LogP contribution in [-0.2, 0) is 14.2 Å². The molecule has 2 atom stereocenters. The van der Waals surface area contributed by atoms with Gasteiger partial charge in [-0.15, -0.1) is 0 Å². The molecule has 2 saturated heterocycles. The number of hydrogen-bond acceptors (Lipinski definition) is 4. The molecule has 3 rings (SSSR count). The molecule has 1 saturated carbocycles. The van der Waals surface area contributed by atoms with Gasteiger partial charge in [0.25, 0.3) is 0 Å². The normalized spacial score (nSPS) is 34.6. The standard InChI is InChI=1S/C13H21NO4/c15-13-14-10(8-9-4-2-1-3-5-9)11(18-13)12-16-6-7-17-12/h9-12H,1-8H2,(H,14,15). The predicted octanol–water partition coefficient (Wildman–Crippen LogP) is 1.81. The van der Waals surface area contributed by atoms with Crippen molar-refractivity contribution in [1.82, 2.24) is 5.32 Å². The van der Waals surface area contributed by atoms with Gasteiger partial charge < -0.3 is 19.5 Å². The van der Waals surface area contributed by atoms with E-state index in [1.165, 1.54) is 32.1 Å². The molecule has 3 aliphatic rings. The number of carbonyl (C=O) groups is 1. The Morgan fingerprint density at radius 2 is 1.83 bits per heavy atom. The van der Waals surface area contributed by atoms with E-state index in [1.807, 2.05) is 0 Å². The smallest absolute Gasteiger partial charge is 0.408 e. The van der Waals surface area contributed by atoms with Crippen molar-refractivity contribution in [2.75, 3.05) is 13.2 Å². The average molecular weight is 255 g/mol.